The van der Waals surface area contributed by atoms with Crippen LogP contribution in [-0.2, 0) is 13.0 Å². The molecule has 3 heterocycles. The molecule has 1 fully saturated rings. The molecule has 6 nitrogen and oxygen atoms in total. The number of likely N-dealkylation sites (tertiary alicyclic amines) is 1. The van der Waals surface area contributed by atoms with Gasteiger partial charge in [-0.2, -0.15) is 0 Å². The number of carbonyl (C=O) groups excluding carboxylic acids is 1. The van der Waals surface area contributed by atoms with Gasteiger partial charge in [-0.05, 0) is 57.2 Å². The molecule has 2 aliphatic heterocycles. The number of quaternary nitrogens is 1. The molecule has 4 rings (SSSR count). The fraction of sp³-hybridized carbons (Fsp3) is 0.609. The highest BCUT2D eigenvalue weighted by Gasteiger charge is 2.21. The molecule has 1 amide bonds. The number of carbonyl (C=O) groups is 1. The van der Waals surface area contributed by atoms with Crippen LogP contribution in [0.25, 0.3) is 10.9 Å². The van der Waals surface area contributed by atoms with E-state index in [2.05, 4.69) is 12.2 Å². The Morgan fingerprint density at radius 3 is 3.00 bits per heavy atom. The molecule has 156 valence electrons. The zero-order valence-electron chi connectivity index (χ0n) is 17.5. The number of rotatable bonds is 5. The second kappa shape index (κ2) is 9.08. The number of amides is 1. The molecule has 29 heavy (non-hydrogen) atoms. The van der Waals surface area contributed by atoms with Crippen LogP contribution in [0.1, 0.15) is 68.1 Å². The van der Waals surface area contributed by atoms with Crippen LogP contribution in [0.15, 0.2) is 23.0 Å². The topological polar surface area (TPSA) is 68.4 Å². The van der Waals surface area contributed by atoms with Crippen molar-refractivity contribution in [1.29, 1.82) is 0 Å². The zero-order valence-corrected chi connectivity index (χ0v) is 17.5. The third-order valence-corrected chi connectivity index (χ3v) is 6.62. The molecule has 2 aromatic rings. The van der Waals surface area contributed by atoms with Gasteiger partial charge in [0, 0.05) is 31.5 Å². The molecule has 1 saturated heterocycles. The van der Waals surface area contributed by atoms with Crippen molar-refractivity contribution in [3.05, 3.63) is 39.9 Å². The molecule has 0 radical (unpaired) electrons. The molecular formula is C23H33N4O2+. The summed E-state index contributed by atoms with van der Waals surface area (Å²) in [6.45, 7) is 6.14. The minimum atomic E-state index is -0.0783. The van der Waals surface area contributed by atoms with Crippen molar-refractivity contribution in [2.75, 3.05) is 19.6 Å². The normalized spacial score (nSPS) is 22.1. The predicted octanol–water partition coefficient (Wildman–Crippen LogP) is 1.70. The highest BCUT2D eigenvalue weighted by Crippen LogP contribution is 2.16. The van der Waals surface area contributed by atoms with E-state index in [1.807, 2.05) is 4.57 Å². The lowest BCUT2D eigenvalue weighted by Gasteiger charge is -2.30. The quantitative estimate of drug-likeness (QED) is 0.755. The van der Waals surface area contributed by atoms with E-state index >= 15 is 0 Å². The third-order valence-electron chi connectivity index (χ3n) is 6.62. The number of fused-ring (bicyclic) bond motifs is 2. The predicted molar refractivity (Wildman–Crippen MR) is 115 cm³/mol. The van der Waals surface area contributed by atoms with Crippen LogP contribution in [0, 0.1) is 0 Å². The number of aryl methyl sites for hydroxylation is 1. The SMILES string of the molecule is C[C@H]1CCCC[NH+]1CCCNC(=O)c1ccc2c(=O)n3c(nc2c1)CCCCC3. The van der Waals surface area contributed by atoms with E-state index in [9.17, 15) is 9.59 Å². The molecule has 0 aliphatic carbocycles. The maximum atomic E-state index is 12.8. The van der Waals surface area contributed by atoms with Gasteiger partial charge in [-0.15, -0.1) is 0 Å². The molecule has 6 heteroatoms. The van der Waals surface area contributed by atoms with E-state index in [1.165, 1.54) is 25.8 Å². The summed E-state index contributed by atoms with van der Waals surface area (Å²) in [5, 5.41) is 3.65. The van der Waals surface area contributed by atoms with Gasteiger partial charge < -0.3 is 10.2 Å². The third kappa shape index (κ3) is 4.53. The number of aromatic nitrogens is 2. The lowest BCUT2D eigenvalue weighted by atomic mass is 10.0. The molecule has 0 saturated carbocycles. The Morgan fingerprint density at radius 1 is 1.24 bits per heavy atom. The minimum Gasteiger partial charge on any atom is -0.352 e. The Kier molecular flexibility index (Phi) is 6.28. The van der Waals surface area contributed by atoms with Crippen LogP contribution >= 0.6 is 0 Å². The van der Waals surface area contributed by atoms with Crippen LogP contribution in [0.3, 0.4) is 0 Å². The lowest BCUT2D eigenvalue weighted by molar-refractivity contribution is -0.928. The molecule has 0 spiro atoms. The van der Waals surface area contributed by atoms with Gasteiger partial charge in [0.05, 0.1) is 30.0 Å². The zero-order chi connectivity index (χ0) is 20.2. The Hall–Kier alpha value is -2.21. The van der Waals surface area contributed by atoms with Crippen LogP contribution in [0.4, 0.5) is 0 Å². The van der Waals surface area contributed by atoms with Gasteiger partial charge in [0.15, 0.2) is 0 Å². The minimum absolute atomic E-state index is 0.0254. The van der Waals surface area contributed by atoms with Crippen molar-refractivity contribution in [3.8, 4) is 0 Å². The Balaban J connectivity index is 1.41. The molecule has 2 N–H and O–H groups in total. The summed E-state index contributed by atoms with van der Waals surface area (Å²) in [4.78, 5) is 31.8. The molecule has 1 unspecified atom stereocenters. The number of hydrogen-bond acceptors (Lipinski definition) is 3. The second-order valence-electron chi connectivity index (χ2n) is 8.69. The standard InChI is InChI=1S/C23H32N4O2/c1-17-8-4-6-13-26(17)14-7-12-24-22(28)18-10-11-19-20(16-18)25-21-9-3-2-5-15-27(21)23(19)29/h10-11,16-17H,2-9,12-15H2,1H3,(H,24,28)/p+1/t17-/m0/s1. The summed E-state index contributed by atoms with van der Waals surface area (Å²) in [5.74, 6) is 0.779. The Bertz CT molecular complexity index is 936. The van der Waals surface area contributed by atoms with Crippen LogP contribution in [0.2, 0.25) is 0 Å². The summed E-state index contributed by atoms with van der Waals surface area (Å²) >= 11 is 0. The van der Waals surface area contributed by atoms with Gasteiger partial charge in [-0.3, -0.25) is 14.2 Å². The monoisotopic (exact) mass is 397 g/mol. The average Bonchev–Trinajstić information content (AvgIpc) is 2.97. The van der Waals surface area contributed by atoms with Crippen LogP contribution in [0.5, 0.6) is 0 Å². The largest absolute Gasteiger partial charge is 0.352 e. The number of nitrogens with zero attached hydrogens (tertiary/aromatic N) is 2. The Morgan fingerprint density at radius 2 is 2.14 bits per heavy atom. The molecule has 1 aromatic carbocycles. The van der Waals surface area contributed by atoms with Gasteiger partial charge in [0.25, 0.3) is 11.5 Å². The van der Waals surface area contributed by atoms with Gasteiger partial charge in [0.2, 0.25) is 0 Å². The first kappa shape index (κ1) is 20.1. The summed E-state index contributed by atoms with van der Waals surface area (Å²) in [6, 6.07) is 6.02. The fourth-order valence-electron chi connectivity index (χ4n) is 4.80. The van der Waals surface area contributed by atoms with Gasteiger partial charge in [-0.25, -0.2) is 4.98 Å². The molecule has 2 aliphatic rings. The fourth-order valence-corrected chi connectivity index (χ4v) is 4.80. The Labute approximate surface area is 172 Å². The highest BCUT2D eigenvalue weighted by molar-refractivity contribution is 5.97. The average molecular weight is 398 g/mol. The van der Waals surface area contributed by atoms with Crippen molar-refractivity contribution < 1.29 is 9.69 Å². The van der Waals surface area contributed by atoms with Crippen molar-refractivity contribution in [2.45, 2.75) is 70.9 Å². The second-order valence-corrected chi connectivity index (χ2v) is 8.69. The van der Waals surface area contributed by atoms with Gasteiger partial charge in [-0.1, -0.05) is 6.42 Å². The number of hydrogen-bond donors (Lipinski definition) is 2. The smallest absolute Gasteiger partial charge is 0.261 e. The maximum Gasteiger partial charge on any atom is 0.261 e. The number of benzene rings is 1. The number of piperidine rings is 1. The summed E-state index contributed by atoms with van der Waals surface area (Å²) in [7, 11) is 0. The van der Waals surface area contributed by atoms with Gasteiger partial charge >= 0.3 is 0 Å². The first-order valence-electron chi connectivity index (χ1n) is 11.3. The van der Waals surface area contributed by atoms with Crippen molar-refractivity contribution >= 4 is 16.8 Å². The van der Waals surface area contributed by atoms with E-state index in [4.69, 9.17) is 4.98 Å². The molecular weight excluding hydrogens is 364 g/mol. The van der Waals surface area contributed by atoms with E-state index in [1.54, 1.807) is 23.1 Å². The molecule has 2 atom stereocenters. The molecule has 1 aromatic heterocycles. The van der Waals surface area contributed by atoms with E-state index in [0.717, 1.165) is 57.1 Å². The summed E-state index contributed by atoms with van der Waals surface area (Å²) in [5.41, 5.74) is 1.25. The first-order valence-corrected chi connectivity index (χ1v) is 11.3. The highest BCUT2D eigenvalue weighted by atomic mass is 16.1. The van der Waals surface area contributed by atoms with Crippen molar-refractivity contribution in [1.82, 2.24) is 14.9 Å². The van der Waals surface area contributed by atoms with Gasteiger partial charge in [0.1, 0.15) is 5.82 Å². The van der Waals surface area contributed by atoms with Crippen LogP contribution < -0.4 is 15.8 Å². The van der Waals surface area contributed by atoms with Crippen molar-refractivity contribution in [3.63, 3.8) is 0 Å². The summed E-state index contributed by atoms with van der Waals surface area (Å²) in [6.07, 6.45) is 9.03. The van der Waals surface area contributed by atoms with E-state index in [0.29, 0.717) is 23.0 Å². The van der Waals surface area contributed by atoms with E-state index in [-0.39, 0.29) is 11.5 Å². The van der Waals surface area contributed by atoms with Crippen molar-refractivity contribution in [2.24, 2.45) is 0 Å². The molecule has 0 bridgehead atoms. The lowest BCUT2D eigenvalue weighted by Crippen LogP contribution is -3.16. The maximum absolute atomic E-state index is 12.8. The number of nitrogens with one attached hydrogen (secondary N) is 2. The first-order chi connectivity index (χ1) is 14.1. The summed E-state index contributed by atoms with van der Waals surface area (Å²) < 4.78 is 1.82. The van der Waals surface area contributed by atoms with E-state index < -0.39 is 0 Å². The van der Waals surface area contributed by atoms with Crippen LogP contribution in [-0.4, -0.2) is 41.1 Å².